The summed E-state index contributed by atoms with van der Waals surface area (Å²) >= 11 is 0. The van der Waals surface area contributed by atoms with Crippen molar-refractivity contribution >= 4 is 31.8 Å². The summed E-state index contributed by atoms with van der Waals surface area (Å²) in [6, 6.07) is 5.48. The normalized spacial score (nSPS) is 21.6. The summed E-state index contributed by atoms with van der Waals surface area (Å²) in [5.41, 5.74) is 0.489. The Morgan fingerprint density at radius 3 is 2.25 bits per heavy atom. The molecule has 0 bridgehead atoms. The number of amides is 2. The summed E-state index contributed by atoms with van der Waals surface area (Å²) in [5, 5.41) is 2.74. The second kappa shape index (κ2) is 8.36. The Balaban J connectivity index is 1.61. The SMILES string of the molecule is CS(=O)(=O)NC1CCCN(C(=O)Nc2ccc(S(=O)(=O)N3CCCC3)cc2)C1. The zero-order valence-electron chi connectivity index (χ0n) is 15.8. The van der Waals surface area contributed by atoms with Gasteiger partial charge in [0.15, 0.2) is 0 Å². The molecule has 2 N–H and O–H groups in total. The third kappa shape index (κ3) is 5.22. The Morgan fingerprint density at radius 1 is 1.00 bits per heavy atom. The lowest BCUT2D eigenvalue weighted by atomic mass is 10.1. The van der Waals surface area contributed by atoms with Crippen molar-refractivity contribution in [3.8, 4) is 0 Å². The van der Waals surface area contributed by atoms with Crippen molar-refractivity contribution in [1.29, 1.82) is 0 Å². The van der Waals surface area contributed by atoms with E-state index in [9.17, 15) is 21.6 Å². The molecule has 0 radical (unpaired) electrons. The van der Waals surface area contributed by atoms with Gasteiger partial charge in [-0.15, -0.1) is 0 Å². The molecule has 1 atom stereocenters. The van der Waals surface area contributed by atoms with Gasteiger partial charge in [0.2, 0.25) is 20.0 Å². The number of nitrogens with zero attached hydrogens (tertiary/aromatic N) is 2. The van der Waals surface area contributed by atoms with Crippen molar-refractivity contribution in [1.82, 2.24) is 13.9 Å². The van der Waals surface area contributed by atoms with E-state index in [0.29, 0.717) is 44.7 Å². The van der Waals surface area contributed by atoms with Gasteiger partial charge in [0.25, 0.3) is 0 Å². The van der Waals surface area contributed by atoms with Gasteiger partial charge < -0.3 is 10.2 Å². The highest BCUT2D eigenvalue weighted by molar-refractivity contribution is 7.89. The summed E-state index contributed by atoms with van der Waals surface area (Å²) in [4.78, 5) is 14.2. The molecular weight excluding hydrogens is 404 g/mol. The molecule has 2 fully saturated rings. The number of carbonyl (C=O) groups is 1. The first-order valence-electron chi connectivity index (χ1n) is 9.28. The van der Waals surface area contributed by atoms with E-state index in [1.54, 1.807) is 17.0 Å². The van der Waals surface area contributed by atoms with Crippen molar-refractivity contribution in [2.24, 2.45) is 0 Å². The number of piperidine rings is 1. The molecule has 2 aliphatic rings. The molecule has 156 valence electrons. The predicted octanol–water partition coefficient (Wildman–Crippen LogP) is 1.02. The van der Waals surface area contributed by atoms with Crippen LogP contribution in [0.2, 0.25) is 0 Å². The first-order chi connectivity index (χ1) is 13.1. The van der Waals surface area contributed by atoms with E-state index in [0.717, 1.165) is 19.1 Å². The summed E-state index contributed by atoms with van der Waals surface area (Å²) in [5.74, 6) is 0. The minimum Gasteiger partial charge on any atom is -0.323 e. The number of sulfonamides is 2. The molecule has 1 unspecified atom stereocenters. The fourth-order valence-electron chi connectivity index (χ4n) is 3.55. The molecule has 2 saturated heterocycles. The van der Waals surface area contributed by atoms with Crippen LogP contribution in [0, 0.1) is 0 Å². The summed E-state index contributed by atoms with van der Waals surface area (Å²) in [6.45, 7) is 1.91. The number of hydrogen-bond acceptors (Lipinski definition) is 5. The Hall–Kier alpha value is -1.69. The van der Waals surface area contributed by atoms with Gasteiger partial charge in [-0.1, -0.05) is 0 Å². The molecule has 9 nitrogen and oxygen atoms in total. The van der Waals surface area contributed by atoms with Gasteiger partial charge >= 0.3 is 6.03 Å². The van der Waals surface area contributed by atoms with Crippen molar-refractivity contribution in [3.63, 3.8) is 0 Å². The number of nitrogens with one attached hydrogen (secondary N) is 2. The first-order valence-corrected chi connectivity index (χ1v) is 12.6. The van der Waals surface area contributed by atoms with Crippen LogP contribution in [-0.2, 0) is 20.0 Å². The van der Waals surface area contributed by atoms with Crippen LogP contribution in [0.3, 0.4) is 0 Å². The standard InChI is InChI=1S/C17H26N4O5S2/c1-27(23,24)19-15-5-4-10-20(13-15)17(22)18-14-6-8-16(9-7-14)28(25,26)21-11-2-3-12-21/h6-9,15,19H,2-5,10-13H2,1H3,(H,18,22). The maximum Gasteiger partial charge on any atom is 0.321 e. The molecule has 2 aliphatic heterocycles. The molecular formula is C17H26N4O5S2. The molecule has 0 spiro atoms. The van der Waals surface area contributed by atoms with Crippen LogP contribution in [0.15, 0.2) is 29.2 Å². The number of rotatable bonds is 5. The van der Waals surface area contributed by atoms with Crippen molar-refractivity contribution in [3.05, 3.63) is 24.3 Å². The molecule has 1 aromatic rings. The van der Waals surface area contributed by atoms with Crippen LogP contribution in [0.1, 0.15) is 25.7 Å². The molecule has 3 rings (SSSR count). The van der Waals surface area contributed by atoms with Crippen molar-refractivity contribution in [2.45, 2.75) is 36.6 Å². The number of benzene rings is 1. The molecule has 2 heterocycles. The molecule has 0 aromatic heterocycles. The Morgan fingerprint density at radius 2 is 1.64 bits per heavy atom. The van der Waals surface area contributed by atoms with E-state index in [1.165, 1.54) is 16.4 Å². The van der Waals surface area contributed by atoms with E-state index in [2.05, 4.69) is 10.0 Å². The van der Waals surface area contributed by atoms with E-state index in [1.807, 2.05) is 0 Å². The third-order valence-electron chi connectivity index (χ3n) is 4.90. The highest BCUT2D eigenvalue weighted by atomic mass is 32.2. The van der Waals surface area contributed by atoms with Crippen molar-refractivity contribution in [2.75, 3.05) is 37.8 Å². The lowest BCUT2D eigenvalue weighted by Gasteiger charge is -2.32. The van der Waals surface area contributed by atoms with Crippen LogP contribution in [-0.4, -0.2) is 70.5 Å². The molecule has 11 heteroatoms. The second-order valence-corrected chi connectivity index (χ2v) is 11.0. The average Bonchev–Trinajstić information content (AvgIpc) is 3.16. The first kappa shape index (κ1) is 21.0. The topological polar surface area (TPSA) is 116 Å². The molecule has 28 heavy (non-hydrogen) atoms. The molecule has 2 amide bonds. The van der Waals surface area contributed by atoms with Crippen LogP contribution in [0.25, 0.3) is 0 Å². The largest absolute Gasteiger partial charge is 0.323 e. The number of likely N-dealkylation sites (tertiary alicyclic amines) is 1. The number of anilines is 1. The van der Waals surface area contributed by atoms with E-state index in [4.69, 9.17) is 0 Å². The average molecular weight is 431 g/mol. The number of urea groups is 1. The van der Waals surface area contributed by atoms with Crippen LogP contribution in [0.5, 0.6) is 0 Å². The van der Waals surface area contributed by atoms with Gasteiger partial charge in [0.1, 0.15) is 0 Å². The van der Waals surface area contributed by atoms with Crippen LogP contribution < -0.4 is 10.0 Å². The van der Waals surface area contributed by atoms with Gasteiger partial charge in [-0.2, -0.15) is 4.31 Å². The smallest absolute Gasteiger partial charge is 0.321 e. The maximum absolute atomic E-state index is 12.5. The fourth-order valence-corrected chi connectivity index (χ4v) is 5.87. The van der Waals surface area contributed by atoms with Gasteiger partial charge in [-0.05, 0) is 49.9 Å². The zero-order chi connectivity index (χ0) is 20.4. The Kier molecular flexibility index (Phi) is 6.28. The Labute approximate surface area is 166 Å². The number of carbonyl (C=O) groups excluding carboxylic acids is 1. The second-order valence-electron chi connectivity index (χ2n) is 7.24. The summed E-state index contributed by atoms with van der Waals surface area (Å²) in [7, 11) is -6.81. The molecule has 0 saturated carbocycles. The summed E-state index contributed by atoms with van der Waals surface area (Å²) in [6.07, 6.45) is 4.23. The highest BCUT2D eigenvalue weighted by Crippen LogP contribution is 2.22. The Bertz CT molecular complexity index is 909. The van der Waals surface area contributed by atoms with Gasteiger partial charge in [-0.25, -0.2) is 26.4 Å². The van der Waals surface area contributed by atoms with Gasteiger partial charge in [0.05, 0.1) is 11.2 Å². The van der Waals surface area contributed by atoms with E-state index in [-0.39, 0.29) is 17.0 Å². The highest BCUT2D eigenvalue weighted by Gasteiger charge is 2.28. The summed E-state index contributed by atoms with van der Waals surface area (Å²) < 4.78 is 51.9. The van der Waals surface area contributed by atoms with Crippen LogP contribution >= 0.6 is 0 Å². The zero-order valence-corrected chi connectivity index (χ0v) is 17.4. The third-order valence-corrected chi connectivity index (χ3v) is 7.57. The fraction of sp³-hybridized carbons (Fsp3) is 0.588. The van der Waals surface area contributed by atoms with Gasteiger partial charge in [-0.3, -0.25) is 0 Å². The van der Waals surface area contributed by atoms with Gasteiger partial charge in [0, 0.05) is 37.9 Å². The minimum atomic E-state index is -3.48. The van der Waals surface area contributed by atoms with Crippen molar-refractivity contribution < 1.29 is 21.6 Å². The quantitative estimate of drug-likeness (QED) is 0.723. The monoisotopic (exact) mass is 430 g/mol. The maximum atomic E-state index is 12.5. The minimum absolute atomic E-state index is 0.211. The van der Waals surface area contributed by atoms with E-state index >= 15 is 0 Å². The lowest BCUT2D eigenvalue weighted by molar-refractivity contribution is 0.190. The molecule has 1 aromatic carbocycles. The lowest BCUT2D eigenvalue weighted by Crippen LogP contribution is -2.50. The predicted molar refractivity (Wildman–Crippen MR) is 106 cm³/mol. The molecule has 0 aliphatic carbocycles. The van der Waals surface area contributed by atoms with E-state index < -0.39 is 20.0 Å². The number of hydrogen-bond donors (Lipinski definition) is 2. The van der Waals surface area contributed by atoms with Crippen LogP contribution in [0.4, 0.5) is 10.5 Å².